The van der Waals surface area contributed by atoms with Gasteiger partial charge in [-0.15, -0.1) is 0 Å². The fraction of sp³-hybridized carbons (Fsp3) is 0.105. The molecule has 2 aromatic carbocycles. The Hall–Kier alpha value is -3.03. The number of esters is 1. The summed E-state index contributed by atoms with van der Waals surface area (Å²) in [7, 11) is 0. The van der Waals surface area contributed by atoms with Crippen molar-refractivity contribution in [3.05, 3.63) is 64.4 Å². The van der Waals surface area contributed by atoms with Crippen LogP contribution < -0.4 is 16.4 Å². The Kier molecular flexibility index (Phi) is 6.18. The van der Waals surface area contributed by atoms with Crippen molar-refractivity contribution in [3.63, 3.8) is 0 Å². The quantitative estimate of drug-likeness (QED) is 0.483. The lowest BCUT2D eigenvalue weighted by Crippen LogP contribution is -2.06. The molecule has 0 fully saturated rings. The molecule has 1 aromatic heterocycles. The first kappa shape index (κ1) is 19.7. The van der Waals surface area contributed by atoms with E-state index in [2.05, 4.69) is 20.6 Å². The Morgan fingerprint density at radius 2 is 1.75 bits per heavy atom. The van der Waals surface area contributed by atoms with Gasteiger partial charge in [-0.05, 0) is 49.4 Å². The van der Waals surface area contributed by atoms with Gasteiger partial charge in [0.2, 0.25) is 0 Å². The van der Waals surface area contributed by atoms with Crippen LogP contribution in [0.1, 0.15) is 17.3 Å². The molecule has 28 heavy (non-hydrogen) atoms. The molecule has 0 amide bonds. The normalized spacial score (nSPS) is 10.4. The second-order valence-corrected chi connectivity index (χ2v) is 6.50. The van der Waals surface area contributed by atoms with Crippen molar-refractivity contribution < 1.29 is 9.53 Å². The van der Waals surface area contributed by atoms with Gasteiger partial charge in [0, 0.05) is 10.7 Å². The summed E-state index contributed by atoms with van der Waals surface area (Å²) in [6, 6.07) is 11.8. The van der Waals surface area contributed by atoms with Gasteiger partial charge < -0.3 is 21.1 Å². The number of anilines is 5. The molecule has 3 aromatic rings. The van der Waals surface area contributed by atoms with Crippen LogP contribution in [0.15, 0.2) is 48.8 Å². The summed E-state index contributed by atoms with van der Waals surface area (Å²) in [5.41, 5.74) is 8.27. The summed E-state index contributed by atoms with van der Waals surface area (Å²) in [6.07, 6.45) is 1.37. The minimum Gasteiger partial charge on any atom is -0.462 e. The van der Waals surface area contributed by atoms with E-state index >= 15 is 0 Å². The number of benzene rings is 2. The van der Waals surface area contributed by atoms with E-state index in [9.17, 15) is 4.79 Å². The first-order valence-electron chi connectivity index (χ1n) is 8.34. The SMILES string of the molecule is CCOC(=O)c1ccc(Nc2ncnc(Nc3ccc(Cl)cc3Cl)c2N)cc1. The van der Waals surface area contributed by atoms with Gasteiger partial charge >= 0.3 is 5.97 Å². The van der Waals surface area contributed by atoms with E-state index in [0.717, 1.165) is 0 Å². The molecule has 7 nitrogen and oxygen atoms in total. The van der Waals surface area contributed by atoms with Crippen molar-refractivity contribution in [2.45, 2.75) is 6.92 Å². The van der Waals surface area contributed by atoms with E-state index < -0.39 is 0 Å². The van der Waals surface area contributed by atoms with Gasteiger partial charge in [-0.2, -0.15) is 0 Å². The third-order valence-corrected chi connectivity index (χ3v) is 4.27. The highest BCUT2D eigenvalue weighted by molar-refractivity contribution is 6.36. The standard InChI is InChI=1S/C19H17Cl2N5O2/c1-2-28-19(27)11-3-6-13(7-4-11)25-17-16(22)18(24-10-23-17)26-15-8-5-12(20)9-14(15)21/h3-10H,2,22H2,1H3,(H2,23,24,25,26). The van der Waals surface area contributed by atoms with Crippen molar-refractivity contribution in [2.75, 3.05) is 23.0 Å². The Balaban J connectivity index is 1.78. The Bertz CT molecular complexity index is 996. The van der Waals surface area contributed by atoms with E-state index in [4.69, 9.17) is 33.7 Å². The fourth-order valence-electron chi connectivity index (χ4n) is 2.35. The molecule has 0 bridgehead atoms. The Morgan fingerprint density at radius 1 is 1.07 bits per heavy atom. The lowest BCUT2D eigenvalue weighted by atomic mass is 10.2. The average molecular weight is 418 g/mol. The van der Waals surface area contributed by atoms with Crippen LogP contribution in [-0.4, -0.2) is 22.5 Å². The zero-order valence-corrected chi connectivity index (χ0v) is 16.4. The Labute approximate surface area is 171 Å². The second-order valence-electron chi connectivity index (χ2n) is 5.66. The number of nitrogens with two attached hydrogens (primary N) is 1. The summed E-state index contributed by atoms with van der Waals surface area (Å²) in [5.74, 6) is 0.429. The van der Waals surface area contributed by atoms with Gasteiger partial charge in [0.1, 0.15) is 12.0 Å². The van der Waals surface area contributed by atoms with Crippen LogP contribution in [0.2, 0.25) is 10.0 Å². The monoisotopic (exact) mass is 417 g/mol. The molecule has 4 N–H and O–H groups in total. The molecule has 0 spiro atoms. The van der Waals surface area contributed by atoms with Gasteiger partial charge in [0.25, 0.3) is 0 Å². The van der Waals surface area contributed by atoms with Crippen molar-refractivity contribution in [2.24, 2.45) is 0 Å². The predicted molar refractivity (Wildman–Crippen MR) is 112 cm³/mol. The topological polar surface area (TPSA) is 102 Å². The van der Waals surface area contributed by atoms with Crippen molar-refractivity contribution in [1.82, 2.24) is 9.97 Å². The highest BCUT2D eigenvalue weighted by Gasteiger charge is 2.11. The summed E-state index contributed by atoms with van der Waals surface area (Å²) in [6.45, 7) is 2.08. The average Bonchev–Trinajstić information content (AvgIpc) is 2.67. The van der Waals surface area contributed by atoms with Gasteiger partial charge in [-0.25, -0.2) is 14.8 Å². The van der Waals surface area contributed by atoms with Crippen LogP contribution in [0.4, 0.5) is 28.7 Å². The first-order chi connectivity index (χ1) is 13.5. The number of nitrogen functional groups attached to an aromatic ring is 1. The summed E-state index contributed by atoms with van der Waals surface area (Å²) in [4.78, 5) is 20.0. The van der Waals surface area contributed by atoms with E-state index in [0.29, 0.717) is 50.9 Å². The molecule has 0 radical (unpaired) electrons. The van der Waals surface area contributed by atoms with Crippen LogP contribution in [0.5, 0.6) is 0 Å². The molecule has 0 aliphatic carbocycles. The zero-order chi connectivity index (χ0) is 20.1. The number of halogens is 2. The maximum atomic E-state index is 11.7. The van der Waals surface area contributed by atoms with Crippen molar-refractivity contribution >= 4 is 57.9 Å². The van der Waals surface area contributed by atoms with E-state index in [1.807, 2.05) is 0 Å². The number of nitrogens with one attached hydrogen (secondary N) is 2. The van der Waals surface area contributed by atoms with E-state index in [1.165, 1.54) is 6.33 Å². The molecule has 3 rings (SSSR count). The molecule has 0 atom stereocenters. The number of hydrogen-bond acceptors (Lipinski definition) is 7. The van der Waals surface area contributed by atoms with Gasteiger partial charge in [-0.1, -0.05) is 23.2 Å². The number of carbonyl (C=O) groups excluding carboxylic acids is 1. The second kappa shape index (κ2) is 8.77. The maximum absolute atomic E-state index is 11.7. The third-order valence-electron chi connectivity index (χ3n) is 3.73. The first-order valence-corrected chi connectivity index (χ1v) is 9.10. The molecular formula is C19H17Cl2N5O2. The highest BCUT2D eigenvalue weighted by Crippen LogP contribution is 2.32. The minimum atomic E-state index is -0.373. The van der Waals surface area contributed by atoms with Crippen molar-refractivity contribution in [1.29, 1.82) is 0 Å². The molecule has 9 heteroatoms. The lowest BCUT2D eigenvalue weighted by molar-refractivity contribution is 0.0526. The summed E-state index contributed by atoms with van der Waals surface area (Å²) >= 11 is 12.1. The molecule has 0 saturated heterocycles. The van der Waals surface area contributed by atoms with E-state index in [1.54, 1.807) is 49.4 Å². The van der Waals surface area contributed by atoms with Crippen LogP contribution in [0.25, 0.3) is 0 Å². The molecule has 0 saturated carbocycles. The summed E-state index contributed by atoms with van der Waals surface area (Å²) in [5, 5.41) is 7.13. The van der Waals surface area contributed by atoms with Crippen LogP contribution in [-0.2, 0) is 4.74 Å². The van der Waals surface area contributed by atoms with Gasteiger partial charge in [0.15, 0.2) is 11.6 Å². The maximum Gasteiger partial charge on any atom is 0.338 e. The van der Waals surface area contributed by atoms with E-state index in [-0.39, 0.29) is 5.97 Å². The lowest BCUT2D eigenvalue weighted by Gasteiger charge is -2.13. The molecule has 0 aliphatic rings. The van der Waals surface area contributed by atoms with Crippen LogP contribution in [0, 0.1) is 0 Å². The number of rotatable bonds is 6. The molecular weight excluding hydrogens is 401 g/mol. The molecule has 1 heterocycles. The number of ether oxygens (including phenoxy) is 1. The Morgan fingerprint density at radius 3 is 2.39 bits per heavy atom. The summed E-state index contributed by atoms with van der Waals surface area (Å²) < 4.78 is 4.97. The number of carbonyl (C=O) groups is 1. The molecule has 144 valence electrons. The molecule has 0 aliphatic heterocycles. The largest absolute Gasteiger partial charge is 0.462 e. The zero-order valence-electron chi connectivity index (χ0n) is 14.9. The third kappa shape index (κ3) is 4.62. The van der Waals surface area contributed by atoms with Crippen molar-refractivity contribution in [3.8, 4) is 0 Å². The number of aromatic nitrogens is 2. The number of hydrogen-bond donors (Lipinski definition) is 3. The minimum absolute atomic E-state index is 0.308. The van der Waals surface area contributed by atoms with Gasteiger partial charge in [-0.3, -0.25) is 0 Å². The molecule has 0 unspecified atom stereocenters. The number of nitrogens with zero attached hydrogens (tertiary/aromatic N) is 2. The highest BCUT2D eigenvalue weighted by atomic mass is 35.5. The fourth-order valence-corrected chi connectivity index (χ4v) is 2.81. The van der Waals surface area contributed by atoms with Crippen LogP contribution >= 0.6 is 23.2 Å². The van der Waals surface area contributed by atoms with Gasteiger partial charge in [0.05, 0.1) is 22.9 Å². The predicted octanol–water partition coefficient (Wildman–Crippen LogP) is 5.03. The van der Waals surface area contributed by atoms with Crippen LogP contribution in [0.3, 0.4) is 0 Å². The smallest absolute Gasteiger partial charge is 0.338 e.